The van der Waals surface area contributed by atoms with Gasteiger partial charge in [-0.1, -0.05) is 6.42 Å². The summed E-state index contributed by atoms with van der Waals surface area (Å²) in [5.41, 5.74) is 5.67. The van der Waals surface area contributed by atoms with Crippen LogP contribution >= 0.6 is 11.8 Å². The van der Waals surface area contributed by atoms with E-state index in [1.165, 1.54) is 25.3 Å². The first-order chi connectivity index (χ1) is 8.25. The summed E-state index contributed by atoms with van der Waals surface area (Å²) in [7, 11) is 0. The molecule has 94 valence electrons. The molecule has 1 atom stereocenters. The zero-order valence-electron chi connectivity index (χ0n) is 9.92. The van der Waals surface area contributed by atoms with Crippen LogP contribution in [-0.4, -0.2) is 18.3 Å². The molecular formula is C13H19FN2S. The third kappa shape index (κ3) is 3.89. The molecule has 0 amide bonds. The second-order valence-electron chi connectivity index (χ2n) is 4.47. The van der Waals surface area contributed by atoms with Crippen LogP contribution in [0.4, 0.5) is 10.1 Å². The first-order valence-corrected chi connectivity index (χ1v) is 7.15. The second kappa shape index (κ2) is 6.26. The largest absolute Gasteiger partial charge is 0.396 e. The average Bonchev–Trinajstić information content (AvgIpc) is 2.35. The fraction of sp³-hybridized carbons (Fsp3) is 0.538. The standard InChI is InChI=1S/C13H19FN2S/c14-12-9-11(4-5-13(12)15)17-8-6-10-3-1-2-7-16-10/h4-5,9-10,16H,1-3,6-8,15H2. The van der Waals surface area contributed by atoms with Crippen molar-refractivity contribution in [2.75, 3.05) is 18.0 Å². The molecule has 17 heavy (non-hydrogen) atoms. The fourth-order valence-corrected chi connectivity index (χ4v) is 3.08. The molecule has 0 aliphatic carbocycles. The second-order valence-corrected chi connectivity index (χ2v) is 5.64. The number of anilines is 1. The van der Waals surface area contributed by atoms with Crippen LogP contribution in [0.15, 0.2) is 23.1 Å². The van der Waals surface area contributed by atoms with E-state index in [4.69, 9.17) is 5.73 Å². The molecular weight excluding hydrogens is 235 g/mol. The molecule has 0 radical (unpaired) electrons. The summed E-state index contributed by atoms with van der Waals surface area (Å²) in [5.74, 6) is 0.715. The molecule has 3 N–H and O–H groups in total. The first kappa shape index (κ1) is 12.7. The Kier molecular flexibility index (Phi) is 4.68. The van der Waals surface area contributed by atoms with E-state index in [1.54, 1.807) is 17.8 Å². The Morgan fingerprint density at radius 2 is 2.29 bits per heavy atom. The predicted octanol–water partition coefficient (Wildman–Crippen LogP) is 3.03. The summed E-state index contributed by atoms with van der Waals surface area (Å²) >= 11 is 1.70. The number of halogens is 1. The first-order valence-electron chi connectivity index (χ1n) is 6.17. The maximum atomic E-state index is 13.2. The van der Waals surface area contributed by atoms with Crippen molar-refractivity contribution >= 4 is 17.4 Å². The molecule has 1 fully saturated rings. The predicted molar refractivity (Wildman–Crippen MR) is 71.8 cm³/mol. The van der Waals surface area contributed by atoms with Crippen LogP contribution in [0, 0.1) is 5.82 Å². The van der Waals surface area contributed by atoms with Crippen molar-refractivity contribution in [3.63, 3.8) is 0 Å². The minimum Gasteiger partial charge on any atom is -0.396 e. The highest BCUT2D eigenvalue weighted by Gasteiger charge is 2.11. The Bertz CT molecular complexity index is 364. The van der Waals surface area contributed by atoms with Crippen molar-refractivity contribution in [3.8, 4) is 0 Å². The van der Waals surface area contributed by atoms with Gasteiger partial charge in [-0.2, -0.15) is 0 Å². The highest BCUT2D eigenvalue weighted by molar-refractivity contribution is 7.99. The van der Waals surface area contributed by atoms with Gasteiger partial charge in [-0.25, -0.2) is 4.39 Å². The third-order valence-electron chi connectivity index (χ3n) is 3.12. The van der Waals surface area contributed by atoms with Crippen LogP contribution in [-0.2, 0) is 0 Å². The lowest BCUT2D eigenvalue weighted by molar-refractivity contribution is 0.395. The lowest BCUT2D eigenvalue weighted by Crippen LogP contribution is -2.34. The highest BCUT2D eigenvalue weighted by atomic mass is 32.2. The van der Waals surface area contributed by atoms with Crippen LogP contribution < -0.4 is 11.1 Å². The van der Waals surface area contributed by atoms with Gasteiger partial charge in [0, 0.05) is 10.9 Å². The van der Waals surface area contributed by atoms with Gasteiger partial charge in [-0.3, -0.25) is 0 Å². The Balaban J connectivity index is 1.75. The van der Waals surface area contributed by atoms with E-state index in [-0.39, 0.29) is 11.5 Å². The summed E-state index contributed by atoms with van der Waals surface area (Å²) in [4.78, 5) is 0.965. The van der Waals surface area contributed by atoms with Gasteiger partial charge < -0.3 is 11.1 Å². The number of hydrogen-bond donors (Lipinski definition) is 2. The molecule has 4 heteroatoms. The molecule has 0 aromatic heterocycles. The van der Waals surface area contributed by atoms with Gasteiger partial charge >= 0.3 is 0 Å². The molecule has 0 spiro atoms. The van der Waals surface area contributed by atoms with Gasteiger partial charge in [0.2, 0.25) is 0 Å². The van der Waals surface area contributed by atoms with Crippen LogP contribution in [0.25, 0.3) is 0 Å². The zero-order valence-corrected chi connectivity index (χ0v) is 10.7. The number of rotatable bonds is 4. The number of thioether (sulfide) groups is 1. The fourth-order valence-electron chi connectivity index (χ4n) is 2.09. The van der Waals surface area contributed by atoms with Crippen LogP contribution in [0.3, 0.4) is 0 Å². The van der Waals surface area contributed by atoms with Crippen molar-refractivity contribution in [2.24, 2.45) is 0 Å². The van der Waals surface area contributed by atoms with E-state index >= 15 is 0 Å². The lowest BCUT2D eigenvalue weighted by atomic mass is 10.0. The van der Waals surface area contributed by atoms with E-state index in [1.807, 2.05) is 6.07 Å². The zero-order chi connectivity index (χ0) is 12.1. The smallest absolute Gasteiger partial charge is 0.147 e. The molecule has 1 aliphatic rings. The van der Waals surface area contributed by atoms with Crippen LogP contribution in [0.5, 0.6) is 0 Å². The number of piperidine rings is 1. The molecule has 1 unspecified atom stereocenters. The molecule has 1 aromatic rings. The van der Waals surface area contributed by atoms with Gasteiger partial charge in [0.1, 0.15) is 5.82 Å². The Morgan fingerprint density at radius 3 is 3.00 bits per heavy atom. The summed E-state index contributed by atoms with van der Waals surface area (Å²) in [5, 5.41) is 3.52. The summed E-state index contributed by atoms with van der Waals surface area (Å²) < 4.78 is 13.2. The van der Waals surface area contributed by atoms with E-state index in [2.05, 4.69) is 5.32 Å². The molecule has 1 saturated heterocycles. The van der Waals surface area contributed by atoms with Crippen molar-refractivity contribution in [2.45, 2.75) is 36.6 Å². The van der Waals surface area contributed by atoms with Crippen molar-refractivity contribution in [1.82, 2.24) is 5.32 Å². The van der Waals surface area contributed by atoms with Crippen molar-refractivity contribution < 1.29 is 4.39 Å². The summed E-state index contributed by atoms with van der Waals surface area (Å²) in [6, 6.07) is 5.69. The monoisotopic (exact) mass is 254 g/mol. The average molecular weight is 254 g/mol. The quantitative estimate of drug-likeness (QED) is 0.640. The molecule has 0 saturated carbocycles. The Hall–Kier alpha value is -0.740. The van der Waals surface area contributed by atoms with Crippen molar-refractivity contribution in [1.29, 1.82) is 0 Å². The normalized spacial score (nSPS) is 20.4. The van der Waals surface area contributed by atoms with E-state index in [9.17, 15) is 4.39 Å². The minimum absolute atomic E-state index is 0.225. The van der Waals surface area contributed by atoms with E-state index in [0.717, 1.165) is 23.6 Å². The van der Waals surface area contributed by atoms with Gasteiger partial charge in [0.15, 0.2) is 0 Å². The SMILES string of the molecule is Nc1ccc(SCCC2CCCCN2)cc1F. The van der Waals surface area contributed by atoms with E-state index < -0.39 is 0 Å². The molecule has 0 bridgehead atoms. The maximum Gasteiger partial charge on any atom is 0.147 e. The summed E-state index contributed by atoms with van der Waals surface area (Å²) in [6.45, 7) is 1.14. The van der Waals surface area contributed by atoms with E-state index in [0.29, 0.717) is 6.04 Å². The highest BCUT2D eigenvalue weighted by Crippen LogP contribution is 2.23. The number of hydrogen-bond acceptors (Lipinski definition) is 3. The number of nitrogens with one attached hydrogen (secondary N) is 1. The summed E-state index contributed by atoms with van der Waals surface area (Å²) in [6.07, 6.45) is 5.05. The minimum atomic E-state index is -0.314. The van der Waals surface area contributed by atoms with Gasteiger partial charge in [-0.15, -0.1) is 11.8 Å². The molecule has 2 nitrogen and oxygen atoms in total. The van der Waals surface area contributed by atoms with Gasteiger partial charge in [0.05, 0.1) is 5.69 Å². The number of nitrogens with two attached hydrogens (primary N) is 1. The topological polar surface area (TPSA) is 38.0 Å². The Labute approximate surface area is 106 Å². The molecule has 1 aliphatic heterocycles. The molecule has 1 heterocycles. The lowest BCUT2D eigenvalue weighted by Gasteiger charge is -2.23. The Morgan fingerprint density at radius 1 is 1.41 bits per heavy atom. The number of nitrogen functional groups attached to an aromatic ring is 1. The number of benzene rings is 1. The molecule has 1 aromatic carbocycles. The maximum absolute atomic E-state index is 13.2. The van der Waals surface area contributed by atoms with Crippen LogP contribution in [0.2, 0.25) is 0 Å². The van der Waals surface area contributed by atoms with Gasteiger partial charge in [-0.05, 0) is 49.8 Å². The van der Waals surface area contributed by atoms with Crippen molar-refractivity contribution in [3.05, 3.63) is 24.0 Å². The third-order valence-corrected chi connectivity index (χ3v) is 4.15. The molecule has 2 rings (SSSR count). The van der Waals surface area contributed by atoms with Gasteiger partial charge in [0.25, 0.3) is 0 Å². The van der Waals surface area contributed by atoms with Crippen LogP contribution in [0.1, 0.15) is 25.7 Å².